The van der Waals surface area contributed by atoms with E-state index in [0.29, 0.717) is 19.0 Å². The number of rotatable bonds is 2. The van der Waals surface area contributed by atoms with Gasteiger partial charge in [0.1, 0.15) is 0 Å². The average Bonchev–Trinajstić information content (AvgIpc) is 2.51. The Morgan fingerprint density at radius 3 is 2.73 bits per heavy atom. The molecule has 0 fully saturated rings. The number of nitrogens with two attached hydrogens (primary N) is 1. The van der Waals surface area contributed by atoms with Crippen LogP contribution in [0, 0.1) is 0 Å². The molecule has 0 amide bonds. The van der Waals surface area contributed by atoms with Gasteiger partial charge in [-0.2, -0.15) is 0 Å². The van der Waals surface area contributed by atoms with Crippen LogP contribution in [0.1, 0.15) is 18.1 Å². The van der Waals surface area contributed by atoms with Crippen LogP contribution >= 0.6 is 0 Å². The molecule has 1 heterocycles. The first-order chi connectivity index (χ1) is 7.31. The fraction of sp³-hybridized carbons (Fsp3) is 0.455. The second-order valence-corrected chi connectivity index (χ2v) is 3.51. The summed E-state index contributed by atoms with van der Waals surface area (Å²) in [5, 5.41) is 9.58. The number of hydrogen-bond acceptors (Lipinski definition) is 4. The molecule has 1 atom stereocenters. The maximum absolute atomic E-state index is 9.58. The minimum atomic E-state index is -0.637. The van der Waals surface area contributed by atoms with Crippen LogP contribution in [-0.2, 0) is 0 Å². The number of fused-ring (bicyclic) bond motifs is 1. The zero-order valence-electron chi connectivity index (χ0n) is 8.48. The fourth-order valence-electron chi connectivity index (χ4n) is 1.52. The van der Waals surface area contributed by atoms with Gasteiger partial charge in [0.05, 0.1) is 19.3 Å². The molecule has 0 radical (unpaired) electrons. The monoisotopic (exact) mass is 209 g/mol. The van der Waals surface area contributed by atoms with Gasteiger partial charge < -0.3 is 20.3 Å². The number of hydrogen-bond donors (Lipinski definition) is 2. The van der Waals surface area contributed by atoms with Gasteiger partial charge in [-0.15, -0.1) is 0 Å². The Morgan fingerprint density at radius 2 is 2.00 bits per heavy atom. The SMILES string of the molecule is NCC(O)c1ccc2c(c1)OCCCO2. The minimum Gasteiger partial charge on any atom is -0.490 e. The van der Waals surface area contributed by atoms with Gasteiger partial charge in [-0.1, -0.05) is 6.07 Å². The van der Waals surface area contributed by atoms with E-state index in [9.17, 15) is 5.11 Å². The molecule has 1 aliphatic rings. The highest BCUT2D eigenvalue weighted by atomic mass is 16.5. The smallest absolute Gasteiger partial charge is 0.161 e. The van der Waals surface area contributed by atoms with Gasteiger partial charge in [0.25, 0.3) is 0 Å². The van der Waals surface area contributed by atoms with E-state index in [1.165, 1.54) is 0 Å². The van der Waals surface area contributed by atoms with Crippen molar-refractivity contribution in [3.8, 4) is 11.5 Å². The van der Waals surface area contributed by atoms with Crippen molar-refractivity contribution in [3.63, 3.8) is 0 Å². The first-order valence-corrected chi connectivity index (χ1v) is 5.09. The lowest BCUT2D eigenvalue weighted by atomic mass is 10.1. The Labute approximate surface area is 88.6 Å². The highest BCUT2D eigenvalue weighted by Gasteiger charge is 2.13. The van der Waals surface area contributed by atoms with E-state index >= 15 is 0 Å². The molecular weight excluding hydrogens is 194 g/mol. The molecule has 1 aromatic carbocycles. The number of aliphatic hydroxyl groups excluding tert-OH is 1. The van der Waals surface area contributed by atoms with Gasteiger partial charge in [-0.3, -0.25) is 0 Å². The van der Waals surface area contributed by atoms with Crippen molar-refractivity contribution < 1.29 is 14.6 Å². The number of aliphatic hydroxyl groups is 1. The molecule has 0 bridgehead atoms. The molecule has 0 saturated carbocycles. The maximum Gasteiger partial charge on any atom is 0.161 e. The molecule has 15 heavy (non-hydrogen) atoms. The van der Waals surface area contributed by atoms with Crippen LogP contribution in [0.5, 0.6) is 11.5 Å². The average molecular weight is 209 g/mol. The first-order valence-electron chi connectivity index (χ1n) is 5.09. The Hall–Kier alpha value is -1.26. The van der Waals surface area contributed by atoms with Crippen LogP contribution in [-0.4, -0.2) is 24.9 Å². The van der Waals surface area contributed by atoms with Crippen LogP contribution in [0.15, 0.2) is 18.2 Å². The fourth-order valence-corrected chi connectivity index (χ4v) is 1.52. The molecular formula is C11H15NO3. The first kappa shape index (κ1) is 10.3. The summed E-state index contributed by atoms with van der Waals surface area (Å²) in [6.07, 6.45) is 0.242. The summed E-state index contributed by atoms with van der Waals surface area (Å²) in [5.74, 6) is 1.43. The van der Waals surface area contributed by atoms with Gasteiger partial charge in [0, 0.05) is 13.0 Å². The maximum atomic E-state index is 9.58. The van der Waals surface area contributed by atoms with E-state index < -0.39 is 6.10 Å². The summed E-state index contributed by atoms with van der Waals surface area (Å²) < 4.78 is 11.0. The molecule has 0 spiro atoms. The normalized spacial score (nSPS) is 16.9. The van der Waals surface area contributed by atoms with Crippen LogP contribution < -0.4 is 15.2 Å². The molecule has 1 unspecified atom stereocenters. The van der Waals surface area contributed by atoms with Crippen LogP contribution in [0.25, 0.3) is 0 Å². The van der Waals surface area contributed by atoms with E-state index in [-0.39, 0.29) is 6.54 Å². The lowest BCUT2D eigenvalue weighted by Gasteiger charge is -2.12. The molecule has 0 aromatic heterocycles. The van der Waals surface area contributed by atoms with Crippen LogP contribution in [0.2, 0.25) is 0 Å². The van der Waals surface area contributed by atoms with E-state index in [4.69, 9.17) is 15.2 Å². The minimum absolute atomic E-state index is 0.208. The summed E-state index contributed by atoms with van der Waals surface area (Å²) in [5.41, 5.74) is 6.15. The molecule has 3 N–H and O–H groups in total. The number of ether oxygens (including phenoxy) is 2. The summed E-state index contributed by atoms with van der Waals surface area (Å²) in [4.78, 5) is 0. The second-order valence-electron chi connectivity index (χ2n) is 3.51. The summed E-state index contributed by atoms with van der Waals surface area (Å²) in [7, 11) is 0. The lowest BCUT2D eigenvalue weighted by molar-refractivity contribution is 0.186. The van der Waals surface area contributed by atoms with Crippen molar-refractivity contribution in [2.45, 2.75) is 12.5 Å². The second kappa shape index (κ2) is 4.51. The van der Waals surface area contributed by atoms with E-state index in [0.717, 1.165) is 17.7 Å². The third kappa shape index (κ3) is 2.22. The predicted molar refractivity (Wildman–Crippen MR) is 56.1 cm³/mol. The molecule has 1 aliphatic heterocycles. The van der Waals surface area contributed by atoms with Gasteiger partial charge in [0.15, 0.2) is 11.5 Å². The van der Waals surface area contributed by atoms with Crippen molar-refractivity contribution in [2.75, 3.05) is 19.8 Å². The highest BCUT2D eigenvalue weighted by Crippen LogP contribution is 2.31. The van der Waals surface area contributed by atoms with Crippen LogP contribution in [0.3, 0.4) is 0 Å². The van der Waals surface area contributed by atoms with Gasteiger partial charge in [-0.25, -0.2) is 0 Å². The van der Waals surface area contributed by atoms with E-state index in [1.54, 1.807) is 6.07 Å². The van der Waals surface area contributed by atoms with Crippen molar-refractivity contribution in [1.29, 1.82) is 0 Å². The standard InChI is InChI=1S/C11H15NO3/c12-7-9(13)8-2-3-10-11(6-8)15-5-1-4-14-10/h2-3,6,9,13H,1,4-5,7,12H2. The van der Waals surface area contributed by atoms with Gasteiger partial charge >= 0.3 is 0 Å². The Bertz CT molecular complexity index is 341. The molecule has 4 heteroatoms. The molecule has 1 aromatic rings. The highest BCUT2D eigenvalue weighted by molar-refractivity contribution is 5.44. The predicted octanol–water partition coefficient (Wildman–Crippen LogP) is 0.840. The molecule has 0 aliphatic carbocycles. The lowest BCUT2D eigenvalue weighted by Crippen LogP contribution is -2.11. The Kier molecular flexibility index (Phi) is 3.08. The molecule has 82 valence electrons. The van der Waals surface area contributed by atoms with Crippen molar-refractivity contribution >= 4 is 0 Å². The largest absolute Gasteiger partial charge is 0.490 e. The topological polar surface area (TPSA) is 64.7 Å². The zero-order valence-corrected chi connectivity index (χ0v) is 8.48. The Morgan fingerprint density at radius 1 is 1.27 bits per heavy atom. The summed E-state index contributed by atoms with van der Waals surface area (Å²) >= 11 is 0. The molecule has 4 nitrogen and oxygen atoms in total. The Balaban J connectivity index is 2.27. The van der Waals surface area contributed by atoms with Crippen LogP contribution in [0.4, 0.5) is 0 Å². The quantitative estimate of drug-likeness (QED) is 0.757. The molecule has 2 rings (SSSR count). The van der Waals surface area contributed by atoms with Crippen molar-refractivity contribution in [2.24, 2.45) is 5.73 Å². The van der Waals surface area contributed by atoms with Crippen molar-refractivity contribution in [3.05, 3.63) is 23.8 Å². The zero-order chi connectivity index (χ0) is 10.7. The van der Waals surface area contributed by atoms with Crippen molar-refractivity contribution in [1.82, 2.24) is 0 Å². The third-order valence-corrected chi connectivity index (χ3v) is 2.38. The third-order valence-electron chi connectivity index (χ3n) is 2.38. The number of benzene rings is 1. The summed E-state index contributed by atoms with van der Waals surface area (Å²) in [6.45, 7) is 1.53. The van der Waals surface area contributed by atoms with Gasteiger partial charge in [0.2, 0.25) is 0 Å². The summed E-state index contributed by atoms with van der Waals surface area (Å²) in [6, 6.07) is 5.41. The van der Waals surface area contributed by atoms with E-state index in [1.807, 2.05) is 12.1 Å². The van der Waals surface area contributed by atoms with E-state index in [2.05, 4.69) is 0 Å². The van der Waals surface area contributed by atoms with Gasteiger partial charge in [-0.05, 0) is 17.7 Å². The molecule has 0 saturated heterocycles.